The molecule has 3 aliphatic rings. The fourth-order valence-electron chi connectivity index (χ4n) is 2.66. The highest BCUT2D eigenvalue weighted by atomic mass is 15.1. The van der Waals surface area contributed by atoms with Gasteiger partial charge in [0.15, 0.2) is 0 Å². The van der Waals surface area contributed by atoms with Crippen LogP contribution in [0, 0.1) is 11.8 Å². The Kier molecular flexibility index (Phi) is 2.17. The largest absolute Gasteiger partial charge is 0.303 e. The first-order valence-corrected chi connectivity index (χ1v) is 5.11. The molecule has 0 aromatic heterocycles. The van der Waals surface area contributed by atoms with E-state index in [0.717, 1.165) is 11.8 Å². The number of hydrogen-bond acceptors (Lipinski definition) is 1. The maximum Gasteiger partial charge on any atom is 0.000966 e. The Hall–Kier alpha value is -0.0400. The predicted molar refractivity (Wildman–Crippen MR) is 47.6 cm³/mol. The molecule has 0 atom stereocenters. The van der Waals surface area contributed by atoms with Gasteiger partial charge in [-0.25, -0.2) is 0 Å². The Morgan fingerprint density at radius 1 is 1.00 bits per heavy atom. The lowest BCUT2D eigenvalue weighted by Gasteiger charge is -2.21. The molecule has 0 radical (unpaired) electrons. The molecule has 0 spiro atoms. The highest BCUT2D eigenvalue weighted by Gasteiger charge is 2.28. The van der Waals surface area contributed by atoms with Crippen molar-refractivity contribution < 1.29 is 0 Å². The summed E-state index contributed by atoms with van der Waals surface area (Å²) in [7, 11) is 0. The Morgan fingerprint density at radius 3 is 1.82 bits per heavy atom. The fraction of sp³-hybridized carbons (Fsp3) is 1.00. The number of nitrogens with zero attached hydrogens (tertiary/aromatic N) is 1. The summed E-state index contributed by atoms with van der Waals surface area (Å²) >= 11 is 0. The average molecular weight is 153 g/mol. The second kappa shape index (κ2) is 3.14. The molecule has 1 nitrogen and oxygen atoms in total. The van der Waals surface area contributed by atoms with Crippen molar-refractivity contribution in [3.8, 4) is 0 Å². The van der Waals surface area contributed by atoms with Crippen LogP contribution < -0.4 is 0 Å². The molecular weight excluding hydrogens is 134 g/mol. The molecule has 0 amide bonds. The average Bonchev–Trinajstić information content (AvgIpc) is 2.35. The van der Waals surface area contributed by atoms with Gasteiger partial charge in [-0.15, -0.1) is 0 Å². The van der Waals surface area contributed by atoms with E-state index in [1.54, 1.807) is 0 Å². The van der Waals surface area contributed by atoms with Gasteiger partial charge in [-0.2, -0.15) is 0 Å². The molecule has 0 aromatic rings. The topological polar surface area (TPSA) is 3.24 Å². The van der Waals surface area contributed by atoms with Gasteiger partial charge in [-0.1, -0.05) is 6.92 Å². The van der Waals surface area contributed by atoms with Crippen molar-refractivity contribution >= 4 is 0 Å². The molecule has 1 heteroatoms. The van der Waals surface area contributed by atoms with Crippen LogP contribution in [0.5, 0.6) is 0 Å². The minimum Gasteiger partial charge on any atom is -0.303 e. The van der Waals surface area contributed by atoms with E-state index in [-0.39, 0.29) is 0 Å². The zero-order chi connectivity index (χ0) is 7.68. The summed E-state index contributed by atoms with van der Waals surface area (Å²) < 4.78 is 0. The Balaban J connectivity index is 2.00. The zero-order valence-corrected chi connectivity index (χ0v) is 7.55. The summed E-state index contributed by atoms with van der Waals surface area (Å²) in [5, 5.41) is 0. The summed E-state index contributed by atoms with van der Waals surface area (Å²) in [5.41, 5.74) is 0. The van der Waals surface area contributed by atoms with E-state index in [4.69, 9.17) is 0 Å². The normalized spacial score (nSPS) is 39.0. The first-order chi connectivity index (χ1) is 5.38. The third-order valence-corrected chi connectivity index (χ3v) is 3.45. The minimum absolute atomic E-state index is 1.05. The third-order valence-electron chi connectivity index (χ3n) is 3.45. The van der Waals surface area contributed by atoms with E-state index in [2.05, 4.69) is 11.8 Å². The van der Waals surface area contributed by atoms with Gasteiger partial charge in [0.1, 0.15) is 0 Å². The number of hydrogen-bond donors (Lipinski definition) is 0. The van der Waals surface area contributed by atoms with Crippen LogP contribution in [0.4, 0.5) is 0 Å². The summed E-state index contributed by atoms with van der Waals surface area (Å²) in [4.78, 5) is 2.65. The van der Waals surface area contributed by atoms with Crippen LogP contribution in [0.1, 0.15) is 32.6 Å². The lowest BCUT2D eigenvalue weighted by atomic mass is 9.84. The highest BCUT2D eigenvalue weighted by molar-refractivity contribution is 4.81. The first kappa shape index (κ1) is 7.60. The van der Waals surface area contributed by atoms with E-state index in [1.165, 1.54) is 45.3 Å². The van der Waals surface area contributed by atoms with E-state index in [0.29, 0.717) is 0 Å². The van der Waals surface area contributed by atoms with Crippen molar-refractivity contribution in [1.29, 1.82) is 0 Å². The van der Waals surface area contributed by atoms with E-state index in [9.17, 15) is 0 Å². The quantitative estimate of drug-likeness (QED) is 0.558. The minimum atomic E-state index is 1.05. The molecular formula is C10H19N. The second-order valence-corrected chi connectivity index (χ2v) is 4.24. The summed E-state index contributed by atoms with van der Waals surface area (Å²) in [6, 6.07) is 0. The van der Waals surface area contributed by atoms with Crippen LogP contribution in [-0.4, -0.2) is 24.5 Å². The van der Waals surface area contributed by atoms with Gasteiger partial charge in [0.05, 0.1) is 0 Å². The summed E-state index contributed by atoms with van der Waals surface area (Å²) in [6.45, 7) is 6.36. The lowest BCUT2D eigenvalue weighted by molar-refractivity contribution is 0.266. The molecule has 0 unspecified atom stereocenters. The highest BCUT2D eigenvalue weighted by Crippen LogP contribution is 2.33. The molecule has 2 saturated heterocycles. The van der Waals surface area contributed by atoms with Gasteiger partial charge < -0.3 is 4.90 Å². The van der Waals surface area contributed by atoms with Crippen molar-refractivity contribution in [2.24, 2.45) is 11.8 Å². The van der Waals surface area contributed by atoms with Crippen LogP contribution in [0.15, 0.2) is 0 Å². The van der Waals surface area contributed by atoms with Crippen molar-refractivity contribution in [2.75, 3.05) is 19.6 Å². The van der Waals surface area contributed by atoms with E-state index < -0.39 is 0 Å². The van der Waals surface area contributed by atoms with Gasteiger partial charge in [0.25, 0.3) is 0 Å². The molecule has 2 aliphatic heterocycles. The van der Waals surface area contributed by atoms with E-state index in [1.807, 2.05) is 0 Å². The third kappa shape index (κ3) is 1.58. The Bertz CT molecular complexity index is 111. The zero-order valence-electron chi connectivity index (χ0n) is 7.55. The molecule has 2 heterocycles. The van der Waals surface area contributed by atoms with Crippen LogP contribution in [0.2, 0.25) is 0 Å². The molecule has 2 bridgehead atoms. The Morgan fingerprint density at radius 2 is 1.45 bits per heavy atom. The van der Waals surface area contributed by atoms with Gasteiger partial charge >= 0.3 is 0 Å². The molecule has 0 N–H and O–H groups in total. The van der Waals surface area contributed by atoms with Crippen molar-refractivity contribution in [1.82, 2.24) is 4.90 Å². The summed E-state index contributed by atoms with van der Waals surface area (Å²) in [6.07, 6.45) is 6.06. The standard InChI is InChI=1S/C10H19N/c1-2-11-7-9-3-4-10(8-11)6-5-9/h9-10H,2-8H2,1H3. The number of rotatable bonds is 1. The smallest absolute Gasteiger partial charge is 0.000966 e. The van der Waals surface area contributed by atoms with Gasteiger partial charge in [0, 0.05) is 13.1 Å². The van der Waals surface area contributed by atoms with Gasteiger partial charge in [-0.05, 0) is 44.1 Å². The first-order valence-electron chi connectivity index (χ1n) is 5.11. The van der Waals surface area contributed by atoms with Gasteiger partial charge in [0.2, 0.25) is 0 Å². The molecule has 1 aliphatic carbocycles. The molecule has 3 fully saturated rings. The molecule has 3 rings (SSSR count). The monoisotopic (exact) mass is 153 g/mol. The van der Waals surface area contributed by atoms with Crippen molar-refractivity contribution in [2.45, 2.75) is 32.6 Å². The molecule has 11 heavy (non-hydrogen) atoms. The van der Waals surface area contributed by atoms with Crippen LogP contribution in [0.3, 0.4) is 0 Å². The van der Waals surface area contributed by atoms with Crippen molar-refractivity contribution in [3.63, 3.8) is 0 Å². The van der Waals surface area contributed by atoms with E-state index >= 15 is 0 Å². The maximum atomic E-state index is 2.65. The maximum absolute atomic E-state index is 2.65. The van der Waals surface area contributed by atoms with Gasteiger partial charge in [-0.3, -0.25) is 0 Å². The van der Waals surface area contributed by atoms with Crippen LogP contribution in [-0.2, 0) is 0 Å². The lowest BCUT2D eigenvalue weighted by Crippen LogP contribution is -2.27. The second-order valence-electron chi connectivity index (χ2n) is 4.24. The molecule has 0 aromatic carbocycles. The predicted octanol–water partition coefficient (Wildman–Crippen LogP) is 2.13. The summed E-state index contributed by atoms with van der Waals surface area (Å²) in [5.74, 6) is 2.10. The Labute approximate surface area is 69.8 Å². The van der Waals surface area contributed by atoms with Crippen molar-refractivity contribution in [3.05, 3.63) is 0 Å². The fourth-order valence-corrected chi connectivity index (χ4v) is 2.66. The molecule has 64 valence electrons. The van der Waals surface area contributed by atoms with Crippen LogP contribution in [0.25, 0.3) is 0 Å². The number of fused-ring (bicyclic) bond motifs is 4. The molecule has 1 saturated carbocycles. The van der Waals surface area contributed by atoms with Crippen LogP contribution >= 0.6 is 0 Å². The SMILES string of the molecule is CCN1CC2CCC(CC2)C1.